The first-order valence-corrected chi connectivity index (χ1v) is 9.18. The summed E-state index contributed by atoms with van der Waals surface area (Å²) in [6.45, 7) is 4.39. The Morgan fingerprint density at radius 2 is 1.73 bits per heavy atom. The van der Waals surface area contributed by atoms with Gasteiger partial charge in [0.2, 0.25) is 0 Å². The van der Waals surface area contributed by atoms with E-state index in [0.717, 1.165) is 40.7 Å². The van der Waals surface area contributed by atoms with Gasteiger partial charge in [0, 0.05) is 5.56 Å². The molecule has 2 aromatic rings. The largest absolute Gasteiger partial charge is 0.504 e. The van der Waals surface area contributed by atoms with Crippen LogP contribution in [0.5, 0.6) is 23.0 Å². The normalized spacial score (nSPS) is 21.0. The number of phenols is 4. The highest BCUT2D eigenvalue weighted by atomic mass is 16.3. The van der Waals surface area contributed by atoms with Crippen LogP contribution in [0.15, 0.2) is 24.3 Å². The number of fused-ring (bicyclic) bond motifs is 4. The van der Waals surface area contributed by atoms with Gasteiger partial charge in [-0.2, -0.15) is 0 Å². The summed E-state index contributed by atoms with van der Waals surface area (Å²) in [5.74, 6) is 0.741. The fourth-order valence-electron chi connectivity index (χ4n) is 4.64. The molecule has 0 fully saturated rings. The Morgan fingerprint density at radius 1 is 1.00 bits per heavy atom. The molecule has 0 saturated carbocycles. The van der Waals surface area contributed by atoms with Crippen molar-refractivity contribution < 1.29 is 20.4 Å². The lowest BCUT2D eigenvalue weighted by molar-refractivity contribution is 0.376. The number of phenolic OH excluding ortho intramolecular Hbond substituents is 4. The van der Waals surface area contributed by atoms with Crippen molar-refractivity contribution in [1.29, 1.82) is 0 Å². The summed E-state index contributed by atoms with van der Waals surface area (Å²) in [5, 5.41) is 40.1. The highest BCUT2D eigenvalue weighted by Gasteiger charge is 2.37. The van der Waals surface area contributed by atoms with Crippen LogP contribution in [0.1, 0.15) is 54.9 Å². The van der Waals surface area contributed by atoms with E-state index in [-0.39, 0.29) is 28.9 Å². The summed E-state index contributed by atoms with van der Waals surface area (Å²) in [6, 6.07) is 6.74. The second-order valence-corrected chi connectivity index (χ2v) is 7.91. The molecule has 4 rings (SSSR count). The Hall–Kier alpha value is -2.62. The molecule has 0 spiro atoms. The van der Waals surface area contributed by atoms with Gasteiger partial charge in [-0.05, 0) is 77.5 Å². The minimum Gasteiger partial charge on any atom is -0.504 e. The quantitative estimate of drug-likeness (QED) is 0.588. The van der Waals surface area contributed by atoms with E-state index >= 15 is 0 Å². The highest BCUT2D eigenvalue weighted by molar-refractivity contribution is 5.90. The predicted molar refractivity (Wildman–Crippen MR) is 101 cm³/mol. The molecule has 2 aromatic carbocycles. The van der Waals surface area contributed by atoms with Gasteiger partial charge in [0.15, 0.2) is 23.0 Å². The SMILES string of the molecule is CC(C)C[C@@H]1c2cc(O)c(O)cc2C=C2c3ccc(O)c(O)c3CC[C@H]21. The summed E-state index contributed by atoms with van der Waals surface area (Å²) in [6.07, 6.45) is 4.64. The molecule has 0 unspecified atom stereocenters. The second-order valence-electron chi connectivity index (χ2n) is 7.91. The van der Waals surface area contributed by atoms with Crippen LogP contribution in [0.3, 0.4) is 0 Å². The Morgan fingerprint density at radius 3 is 2.46 bits per heavy atom. The van der Waals surface area contributed by atoms with E-state index in [4.69, 9.17) is 0 Å². The zero-order valence-corrected chi connectivity index (χ0v) is 15.0. The Kier molecular flexibility index (Phi) is 3.87. The summed E-state index contributed by atoms with van der Waals surface area (Å²) < 4.78 is 0. The summed E-state index contributed by atoms with van der Waals surface area (Å²) >= 11 is 0. The molecule has 0 heterocycles. The first kappa shape index (κ1) is 16.8. The summed E-state index contributed by atoms with van der Waals surface area (Å²) in [5.41, 5.74) is 4.90. The number of hydrogen-bond acceptors (Lipinski definition) is 4. The van der Waals surface area contributed by atoms with E-state index in [9.17, 15) is 20.4 Å². The molecule has 0 bridgehead atoms. The average Bonchev–Trinajstić information content (AvgIpc) is 2.59. The van der Waals surface area contributed by atoms with Crippen LogP contribution in [-0.4, -0.2) is 20.4 Å². The average molecular weight is 352 g/mol. The molecule has 0 amide bonds. The van der Waals surface area contributed by atoms with Gasteiger partial charge in [-0.3, -0.25) is 0 Å². The van der Waals surface area contributed by atoms with Crippen LogP contribution in [0.25, 0.3) is 11.6 Å². The molecule has 2 atom stereocenters. The smallest absolute Gasteiger partial charge is 0.161 e. The van der Waals surface area contributed by atoms with Crippen molar-refractivity contribution in [2.75, 3.05) is 0 Å². The van der Waals surface area contributed by atoms with Gasteiger partial charge in [-0.1, -0.05) is 26.0 Å². The van der Waals surface area contributed by atoms with E-state index in [1.807, 2.05) is 6.07 Å². The van der Waals surface area contributed by atoms with E-state index in [1.54, 1.807) is 18.2 Å². The van der Waals surface area contributed by atoms with Gasteiger partial charge in [0.1, 0.15) is 0 Å². The van der Waals surface area contributed by atoms with Crippen LogP contribution in [-0.2, 0) is 6.42 Å². The van der Waals surface area contributed by atoms with E-state index < -0.39 is 0 Å². The number of hydrogen-bond donors (Lipinski definition) is 4. The fraction of sp³-hybridized carbons (Fsp3) is 0.364. The topological polar surface area (TPSA) is 80.9 Å². The molecular weight excluding hydrogens is 328 g/mol. The first-order chi connectivity index (χ1) is 12.4. The van der Waals surface area contributed by atoms with Crippen molar-refractivity contribution in [2.45, 2.75) is 39.0 Å². The number of aromatic hydroxyl groups is 4. The monoisotopic (exact) mass is 352 g/mol. The van der Waals surface area contributed by atoms with Gasteiger partial charge in [0.05, 0.1) is 0 Å². The van der Waals surface area contributed by atoms with Crippen molar-refractivity contribution in [1.82, 2.24) is 0 Å². The van der Waals surface area contributed by atoms with Gasteiger partial charge in [-0.15, -0.1) is 0 Å². The molecule has 4 nitrogen and oxygen atoms in total. The van der Waals surface area contributed by atoms with Gasteiger partial charge in [0.25, 0.3) is 0 Å². The zero-order valence-electron chi connectivity index (χ0n) is 15.0. The van der Waals surface area contributed by atoms with Crippen LogP contribution in [0.2, 0.25) is 0 Å². The molecule has 4 N–H and O–H groups in total. The van der Waals surface area contributed by atoms with E-state index in [0.29, 0.717) is 18.3 Å². The van der Waals surface area contributed by atoms with Gasteiger partial charge in [-0.25, -0.2) is 0 Å². The molecule has 4 heteroatoms. The molecular formula is C22H24O4. The van der Waals surface area contributed by atoms with Crippen molar-refractivity contribution in [3.63, 3.8) is 0 Å². The van der Waals surface area contributed by atoms with Crippen molar-refractivity contribution in [2.24, 2.45) is 11.8 Å². The van der Waals surface area contributed by atoms with Crippen molar-refractivity contribution in [3.8, 4) is 23.0 Å². The minimum absolute atomic E-state index is 0.0263. The van der Waals surface area contributed by atoms with Crippen LogP contribution >= 0.6 is 0 Å². The standard InChI is InChI=1S/C22H24O4/c1-11(2)7-17-14-3-4-15-13(5-6-19(23)22(15)26)18(14)8-12-9-20(24)21(25)10-16(12)17/h5-6,8-11,14,17,23-26H,3-4,7H2,1-2H3/t14-,17-/m0/s1. The van der Waals surface area contributed by atoms with Gasteiger partial charge >= 0.3 is 0 Å². The van der Waals surface area contributed by atoms with Gasteiger partial charge < -0.3 is 20.4 Å². The molecule has 0 saturated heterocycles. The third-order valence-corrected chi connectivity index (χ3v) is 5.78. The molecule has 136 valence electrons. The number of benzene rings is 2. The van der Waals surface area contributed by atoms with Crippen molar-refractivity contribution >= 4 is 11.6 Å². The second kappa shape index (κ2) is 5.97. The molecule has 2 aliphatic carbocycles. The highest BCUT2D eigenvalue weighted by Crippen LogP contribution is 2.53. The van der Waals surface area contributed by atoms with Crippen LogP contribution in [0, 0.1) is 11.8 Å². The number of rotatable bonds is 2. The Balaban J connectivity index is 1.92. The maximum Gasteiger partial charge on any atom is 0.161 e. The summed E-state index contributed by atoms with van der Waals surface area (Å²) in [7, 11) is 0. The fourth-order valence-corrected chi connectivity index (χ4v) is 4.64. The van der Waals surface area contributed by atoms with Crippen molar-refractivity contribution in [3.05, 3.63) is 46.5 Å². The molecule has 26 heavy (non-hydrogen) atoms. The maximum absolute atomic E-state index is 10.3. The number of allylic oxidation sites excluding steroid dienone is 1. The maximum atomic E-state index is 10.3. The molecule has 0 aromatic heterocycles. The van der Waals surface area contributed by atoms with E-state index in [1.165, 1.54) is 0 Å². The Bertz CT molecular complexity index is 911. The molecule has 0 radical (unpaired) electrons. The lowest BCUT2D eigenvalue weighted by Crippen LogP contribution is -2.25. The Labute approximate surface area is 153 Å². The van der Waals surface area contributed by atoms with Crippen LogP contribution in [0.4, 0.5) is 0 Å². The zero-order chi connectivity index (χ0) is 18.6. The van der Waals surface area contributed by atoms with Crippen LogP contribution < -0.4 is 0 Å². The lowest BCUT2D eigenvalue weighted by atomic mass is 9.65. The summed E-state index contributed by atoms with van der Waals surface area (Å²) in [4.78, 5) is 0. The lowest BCUT2D eigenvalue weighted by Gasteiger charge is -2.39. The van der Waals surface area contributed by atoms with E-state index in [2.05, 4.69) is 19.9 Å². The first-order valence-electron chi connectivity index (χ1n) is 9.18. The molecule has 2 aliphatic rings. The minimum atomic E-state index is -0.119. The predicted octanol–water partition coefficient (Wildman–Crippen LogP) is 4.76. The third-order valence-electron chi connectivity index (χ3n) is 5.78. The third kappa shape index (κ3) is 2.52. The molecule has 0 aliphatic heterocycles.